The van der Waals surface area contributed by atoms with Gasteiger partial charge in [-0.05, 0) is 42.3 Å². The molecule has 1 atom stereocenters. The molecule has 1 unspecified atom stereocenters. The largest absolute Gasteiger partial charge is 0.241 e. The second-order valence-electron chi connectivity index (χ2n) is 4.77. The van der Waals surface area contributed by atoms with Gasteiger partial charge in [-0.3, -0.25) is 0 Å². The summed E-state index contributed by atoms with van der Waals surface area (Å²) in [6, 6.07) is 15.1. The van der Waals surface area contributed by atoms with Crippen molar-refractivity contribution in [2.24, 2.45) is 0 Å². The molecule has 0 aliphatic carbocycles. The Morgan fingerprint density at radius 1 is 1.23 bits per heavy atom. The first-order valence-corrected chi connectivity index (χ1v) is 9.02. The van der Waals surface area contributed by atoms with Gasteiger partial charge in [0.05, 0.1) is 16.5 Å². The van der Waals surface area contributed by atoms with Crippen molar-refractivity contribution in [3.63, 3.8) is 0 Å². The first-order chi connectivity index (χ1) is 10.5. The molecule has 22 heavy (non-hydrogen) atoms. The van der Waals surface area contributed by atoms with Crippen LogP contribution in [0.25, 0.3) is 0 Å². The van der Waals surface area contributed by atoms with Crippen molar-refractivity contribution in [3.05, 3.63) is 64.1 Å². The van der Waals surface area contributed by atoms with Crippen LogP contribution in [-0.2, 0) is 10.0 Å². The lowest BCUT2D eigenvalue weighted by Gasteiger charge is -2.17. The Bertz CT molecular complexity index is 796. The van der Waals surface area contributed by atoms with E-state index in [4.69, 9.17) is 5.26 Å². The van der Waals surface area contributed by atoms with Crippen LogP contribution in [0.4, 0.5) is 0 Å². The molecule has 4 nitrogen and oxygen atoms in total. The number of hydrogen-bond acceptors (Lipinski definition) is 3. The average Bonchev–Trinajstić information content (AvgIpc) is 2.53. The van der Waals surface area contributed by atoms with Crippen molar-refractivity contribution in [1.82, 2.24) is 4.72 Å². The molecule has 2 aromatic carbocycles. The molecule has 0 aliphatic rings. The van der Waals surface area contributed by atoms with E-state index in [0.29, 0.717) is 12.0 Å². The molecule has 1 N–H and O–H groups in total. The second kappa shape index (κ2) is 7.05. The van der Waals surface area contributed by atoms with E-state index >= 15 is 0 Å². The third kappa shape index (κ3) is 3.95. The van der Waals surface area contributed by atoms with E-state index in [0.717, 1.165) is 10.0 Å². The number of rotatable bonds is 5. The summed E-state index contributed by atoms with van der Waals surface area (Å²) in [4.78, 5) is 0.0992. The van der Waals surface area contributed by atoms with E-state index in [1.165, 1.54) is 12.1 Å². The number of nitrogens with one attached hydrogen (secondary N) is 1. The summed E-state index contributed by atoms with van der Waals surface area (Å²) in [5.41, 5.74) is 1.21. The molecular weight excluding hydrogens is 364 g/mol. The Labute approximate surface area is 139 Å². The lowest BCUT2D eigenvalue weighted by molar-refractivity contribution is 0.550. The van der Waals surface area contributed by atoms with E-state index in [9.17, 15) is 8.42 Å². The van der Waals surface area contributed by atoms with Gasteiger partial charge in [-0.25, -0.2) is 13.1 Å². The molecule has 0 amide bonds. The van der Waals surface area contributed by atoms with Crippen molar-refractivity contribution in [2.75, 3.05) is 0 Å². The molecule has 0 heterocycles. The minimum absolute atomic E-state index is 0.0992. The maximum atomic E-state index is 12.5. The van der Waals surface area contributed by atoms with Crippen LogP contribution in [0.2, 0.25) is 0 Å². The highest BCUT2D eigenvalue weighted by atomic mass is 79.9. The number of sulfonamides is 1. The van der Waals surface area contributed by atoms with Gasteiger partial charge in [0.15, 0.2) is 0 Å². The highest BCUT2D eigenvalue weighted by molar-refractivity contribution is 9.10. The quantitative estimate of drug-likeness (QED) is 0.860. The summed E-state index contributed by atoms with van der Waals surface area (Å²) in [5.74, 6) is 0. The van der Waals surface area contributed by atoms with Gasteiger partial charge in [0.2, 0.25) is 10.0 Å². The minimum atomic E-state index is -3.68. The van der Waals surface area contributed by atoms with Gasteiger partial charge in [0.25, 0.3) is 0 Å². The number of hydrogen-bond donors (Lipinski definition) is 1. The van der Waals surface area contributed by atoms with Crippen molar-refractivity contribution in [3.8, 4) is 6.07 Å². The fourth-order valence-electron chi connectivity index (χ4n) is 2.07. The molecular formula is C16H15BrN2O2S. The maximum Gasteiger partial charge on any atom is 0.241 e. The van der Waals surface area contributed by atoms with Crippen LogP contribution in [0.15, 0.2) is 57.9 Å². The number of halogens is 1. The topological polar surface area (TPSA) is 70.0 Å². The van der Waals surface area contributed by atoms with E-state index in [-0.39, 0.29) is 10.9 Å². The summed E-state index contributed by atoms with van der Waals surface area (Å²) >= 11 is 3.36. The second-order valence-corrected chi connectivity index (χ2v) is 7.40. The zero-order valence-electron chi connectivity index (χ0n) is 12.0. The van der Waals surface area contributed by atoms with Crippen molar-refractivity contribution in [2.45, 2.75) is 24.3 Å². The van der Waals surface area contributed by atoms with E-state index in [1.807, 2.05) is 37.3 Å². The van der Waals surface area contributed by atoms with Crippen molar-refractivity contribution >= 4 is 26.0 Å². The number of benzene rings is 2. The Morgan fingerprint density at radius 2 is 1.91 bits per heavy atom. The molecule has 0 saturated heterocycles. The molecule has 0 radical (unpaired) electrons. The number of nitrogens with zero attached hydrogens (tertiary/aromatic N) is 1. The predicted molar refractivity (Wildman–Crippen MR) is 88.7 cm³/mol. The van der Waals surface area contributed by atoms with Gasteiger partial charge < -0.3 is 0 Å². The van der Waals surface area contributed by atoms with Crippen LogP contribution in [0, 0.1) is 11.3 Å². The van der Waals surface area contributed by atoms with Gasteiger partial charge in [0.1, 0.15) is 0 Å². The van der Waals surface area contributed by atoms with Crippen LogP contribution < -0.4 is 4.72 Å². The molecule has 0 aliphatic heterocycles. The molecule has 0 aromatic heterocycles. The highest BCUT2D eigenvalue weighted by Crippen LogP contribution is 2.22. The summed E-state index contributed by atoms with van der Waals surface area (Å²) in [6.45, 7) is 1.92. The van der Waals surface area contributed by atoms with Crippen LogP contribution in [-0.4, -0.2) is 8.42 Å². The monoisotopic (exact) mass is 378 g/mol. The molecule has 0 fully saturated rings. The van der Waals surface area contributed by atoms with Crippen LogP contribution in [0.5, 0.6) is 0 Å². The SMILES string of the molecule is CCC(NS(=O)(=O)c1cccc(C#N)c1)c1ccc(Br)cc1. The average molecular weight is 379 g/mol. The normalized spacial score (nSPS) is 12.6. The fourth-order valence-corrected chi connectivity index (χ4v) is 3.69. The van der Waals surface area contributed by atoms with Gasteiger partial charge in [-0.2, -0.15) is 5.26 Å². The van der Waals surface area contributed by atoms with Crippen molar-refractivity contribution in [1.29, 1.82) is 5.26 Å². The zero-order valence-corrected chi connectivity index (χ0v) is 14.4. The smallest absolute Gasteiger partial charge is 0.207 e. The molecule has 2 rings (SSSR count). The molecule has 114 valence electrons. The summed E-state index contributed by atoms with van der Waals surface area (Å²) in [6.07, 6.45) is 0.624. The van der Waals surface area contributed by atoms with Gasteiger partial charge >= 0.3 is 0 Å². The Morgan fingerprint density at radius 3 is 2.50 bits per heavy atom. The molecule has 0 bridgehead atoms. The minimum Gasteiger partial charge on any atom is -0.207 e. The molecule has 0 spiro atoms. The molecule has 0 saturated carbocycles. The maximum absolute atomic E-state index is 12.5. The Hall–Kier alpha value is -1.68. The lowest BCUT2D eigenvalue weighted by atomic mass is 10.1. The Kier molecular flexibility index (Phi) is 5.35. The summed E-state index contributed by atoms with van der Waals surface area (Å²) in [5, 5.41) is 8.89. The first kappa shape index (κ1) is 16.7. The molecule has 6 heteroatoms. The summed E-state index contributed by atoms with van der Waals surface area (Å²) in [7, 11) is -3.68. The van der Waals surface area contributed by atoms with E-state index in [1.54, 1.807) is 12.1 Å². The Balaban J connectivity index is 2.29. The third-order valence-electron chi connectivity index (χ3n) is 3.25. The number of nitriles is 1. The van der Waals surface area contributed by atoms with E-state index < -0.39 is 10.0 Å². The van der Waals surface area contributed by atoms with Gasteiger partial charge in [-0.15, -0.1) is 0 Å². The van der Waals surface area contributed by atoms with Gasteiger partial charge in [-0.1, -0.05) is 41.1 Å². The third-order valence-corrected chi connectivity index (χ3v) is 5.25. The van der Waals surface area contributed by atoms with Crippen molar-refractivity contribution < 1.29 is 8.42 Å². The van der Waals surface area contributed by atoms with Gasteiger partial charge in [0, 0.05) is 10.5 Å². The zero-order chi connectivity index (χ0) is 16.2. The fraction of sp³-hybridized carbons (Fsp3) is 0.188. The lowest BCUT2D eigenvalue weighted by Crippen LogP contribution is -2.28. The standard InChI is InChI=1S/C16H15BrN2O2S/c1-2-16(13-6-8-14(17)9-7-13)19-22(20,21)15-5-3-4-12(10-15)11-18/h3-10,16,19H,2H2,1H3. The predicted octanol–water partition coefficient (Wildman–Crippen LogP) is 3.75. The van der Waals surface area contributed by atoms with Crippen LogP contribution >= 0.6 is 15.9 Å². The van der Waals surface area contributed by atoms with E-state index in [2.05, 4.69) is 20.7 Å². The highest BCUT2D eigenvalue weighted by Gasteiger charge is 2.20. The van der Waals surface area contributed by atoms with Crippen LogP contribution in [0.3, 0.4) is 0 Å². The molecule has 2 aromatic rings. The van der Waals surface area contributed by atoms with Crippen LogP contribution in [0.1, 0.15) is 30.5 Å². The first-order valence-electron chi connectivity index (χ1n) is 6.74. The summed E-state index contributed by atoms with van der Waals surface area (Å²) < 4.78 is 28.6.